The molecule has 3 aromatic rings. The number of benzene rings is 1. The molecule has 0 fully saturated rings. The minimum absolute atomic E-state index is 0.0152. The van der Waals surface area contributed by atoms with Crippen LogP contribution in [0.25, 0.3) is 0 Å². The molecule has 0 unspecified atom stereocenters. The smallest absolute Gasteiger partial charge is 0.254 e. The Morgan fingerprint density at radius 2 is 1.88 bits per heavy atom. The molecule has 0 spiro atoms. The highest BCUT2D eigenvalue weighted by molar-refractivity contribution is 7.09. The minimum Gasteiger partial charge on any atom is -0.331 e. The molecule has 0 aliphatic carbocycles. The molecular formula is C20H19ClN2OS. The summed E-state index contributed by atoms with van der Waals surface area (Å²) in [5.41, 5.74) is 1.71. The van der Waals surface area contributed by atoms with Gasteiger partial charge in [-0.1, -0.05) is 29.8 Å². The number of aromatic nitrogens is 1. The van der Waals surface area contributed by atoms with Gasteiger partial charge in [0, 0.05) is 46.9 Å². The summed E-state index contributed by atoms with van der Waals surface area (Å²) in [6.07, 6.45) is 4.14. The Bertz CT molecular complexity index is 803. The van der Waals surface area contributed by atoms with Gasteiger partial charge in [0.15, 0.2) is 0 Å². The number of thiophene rings is 1. The van der Waals surface area contributed by atoms with Crippen LogP contribution in [0.2, 0.25) is 5.02 Å². The van der Waals surface area contributed by atoms with E-state index in [2.05, 4.69) is 23.4 Å². The summed E-state index contributed by atoms with van der Waals surface area (Å²) in [6, 6.07) is 15.4. The highest BCUT2D eigenvalue weighted by Gasteiger charge is 2.22. The second-order valence-electron chi connectivity index (χ2n) is 5.93. The molecule has 1 amide bonds. The molecule has 25 heavy (non-hydrogen) atoms. The van der Waals surface area contributed by atoms with Crippen LogP contribution in [-0.2, 0) is 13.0 Å². The Hall–Kier alpha value is -2.17. The van der Waals surface area contributed by atoms with Gasteiger partial charge in [-0.05, 0) is 48.2 Å². The van der Waals surface area contributed by atoms with Gasteiger partial charge in [-0.25, -0.2) is 0 Å². The van der Waals surface area contributed by atoms with Crippen LogP contribution in [0.4, 0.5) is 0 Å². The topological polar surface area (TPSA) is 33.2 Å². The number of carbonyl (C=O) groups is 1. The molecule has 0 N–H and O–H groups in total. The van der Waals surface area contributed by atoms with E-state index in [1.807, 2.05) is 35.2 Å². The lowest BCUT2D eigenvalue weighted by Gasteiger charge is -2.29. The van der Waals surface area contributed by atoms with Crippen LogP contribution in [0.1, 0.15) is 27.7 Å². The molecule has 3 nitrogen and oxygen atoms in total. The quantitative estimate of drug-likeness (QED) is 0.606. The highest BCUT2D eigenvalue weighted by Crippen LogP contribution is 2.19. The number of nitrogens with zero attached hydrogens (tertiary/aromatic N) is 2. The third kappa shape index (κ3) is 4.68. The molecule has 1 aromatic carbocycles. The van der Waals surface area contributed by atoms with Crippen molar-refractivity contribution in [1.82, 2.24) is 9.88 Å². The Morgan fingerprint density at radius 1 is 1.16 bits per heavy atom. The summed E-state index contributed by atoms with van der Waals surface area (Å²) in [5.74, 6) is 0.0152. The zero-order valence-corrected chi connectivity index (χ0v) is 15.5. The zero-order chi connectivity index (χ0) is 17.6. The molecule has 1 atom stereocenters. The van der Waals surface area contributed by atoms with E-state index in [1.54, 1.807) is 35.9 Å². The molecule has 0 radical (unpaired) electrons. The fourth-order valence-corrected chi connectivity index (χ4v) is 3.66. The van der Waals surface area contributed by atoms with Crippen LogP contribution < -0.4 is 0 Å². The molecule has 128 valence electrons. The van der Waals surface area contributed by atoms with Gasteiger partial charge in [-0.2, -0.15) is 0 Å². The largest absolute Gasteiger partial charge is 0.331 e. The molecule has 3 rings (SSSR count). The second-order valence-corrected chi connectivity index (χ2v) is 7.40. The van der Waals surface area contributed by atoms with Crippen molar-refractivity contribution in [1.29, 1.82) is 0 Å². The van der Waals surface area contributed by atoms with E-state index < -0.39 is 0 Å². The molecule has 0 saturated carbocycles. The third-order valence-electron chi connectivity index (χ3n) is 4.06. The number of carbonyl (C=O) groups excluding carboxylic acids is 1. The Balaban J connectivity index is 1.84. The SMILES string of the molecule is C[C@H](Cc1cccs1)N(Cc1ccc(Cl)cc1)C(=O)c1ccncc1. The van der Waals surface area contributed by atoms with E-state index in [-0.39, 0.29) is 11.9 Å². The predicted molar refractivity (Wildman–Crippen MR) is 103 cm³/mol. The summed E-state index contributed by atoms with van der Waals surface area (Å²) in [4.78, 5) is 20.3. The fraction of sp³-hybridized carbons (Fsp3) is 0.200. The second kappa shape index (κ2) is 8.28. The maximum Gasteiger partial charge on any atom is 0.254 e. The summed E-state index contributed by atoms with van der Waals surface area (Å²) >= 11 is 7.70. The van der Waals surface area contributed by atoms with Crippen LogP contribution >= 0.6 is 22.9 Å². The molecule has 0 bridgehead atoms. The van der Waals surface area contributed by atoms with Crippen molar-refractivity contribution in [3.8, 4) is 0 Å². The number of halogens is 1. The van der Waals surface area contributed by atoms with Gasteiger partial charge in [-0.3, -0.25) is 9.78 Å². The molecule has 0 aliphatic heterocycles. The van der Waals surface area contributed by atoms with Crippen molar-refractivity contribution in [2.45, 2.75) is 25.9 Å². The predicted octanol–water partition coefficient (Wildman–Crippen LogP) is 5.07. The average molecular weight is 371 g/mol. The van der Waals surface area contributed by atoms with Crippen molar-refractivity contribution >= 4 is 28.8 Å². The number of amides is 1. The third-order valence-corrected chi connectivity index (χ3v) is 5.21. The van der Waals surface area contributed by atoms with Crippen molar-refractivity contribution in [3.63, 3.8) is 0 Å². The molecule has 0 aliphatic rings. The van der Waals surface area contributed by atoms with Crippen LogP contribution in [0.5, 0.6) is 0 Å². The Kier molecular flexibility index (Phi) is 5.84. The maximum absolute atomic E-state index is 13.1. The normalized spacial score (nSPS) is 11.9. The Labute approximate surface area is 156 Å². The number of rotatable bonds is 6. The average Bonchev–Trinajstić information content (AvgIpc) is 3.14. The summed E-state index contributed by atoms with van der Waals surface area (Å²) in [5, 5.41) is 2.76. The monoisotopic (exact) mass is 370 g/mol. The zero-order valence-electron chi connectivity index (χ0n) is 13.9. The highest BCUT2D eigenvalue weighted by atomic mass is 35.5. The van der Waals surface area contributed by atoms with E-state index in [1.165, 1.54) is 4.88 Å². The fourth-order valence-electron chi connectivity index (χ4n) is 2.70. The van der Waals surface area contributed by atoms with Gasteiger partial charge in [0.1, 0.15) is 0 Å². The van der Waals surface area contributed by atoms with Crippen LogP contribution in [0, 0.1) is 0 Å². The van der Waals surface area contributed by atoms with Gasteiger partial charge in [0.25, 0.3) is 5.91 Å². The summed E-state index contributed by atoms with van der Waals surface area (Å²) in [7, 11) is 0. The Morgan fingerprint density at radius 3 is 2.52 bits per heavy atom. The van der Waals surface area contributed by atoms with E-state index in [0.29, 0.717) is 17.1 Å². The van der Waals surface area contributed by atoms with Gasteiger partial charge in [0.05, 0.1) is 0 Å². The van der Waals surface area contributed by atoms with E-state index in [9.17, 15) is 4.79 Å². The molecule has 2 heterocycles. The first kappa shape index (κ1) is 17.6. The van der Waals surface area contributed by atoms with Gasteiger partial charge in [0.2, 0.25) is 0 Å². The van der Waals surface area contributed by atoms with E-state index in [4.69, 9.17) is 11.6 Å². The van der Waals surface area contributed by atoms with Crippen molar-refractivity contribution < 1.29 is 4.79 Å². The van der Waals surface area contributed by atoms with Crippen molar-refractivity contribution in [3.05, 3.63) is 87.3 Å². The van der Waals surface area contributed by atoms with Gasteiger partial charge >= 0.3 is 0 Å². The van der Waals surface area contributed by atoms with E-state index >= 15 is 0 Å². The van der Waals surface area contributed by atoms with Gasteiger partial charge in [-0.15, -0.1) is 11.3 Å². The molecular weight excluding hydrogens is 352 g/mol. The molecule has 0 saturated heterocycles. The number of pyridine rings is 1. The van der Waals surface area contributed by atoms with Crippen LogP contribution in [0.15, 0.2) is 66.3 Å². The summed E-state index contributed by atoms with van der Waals surface area (Å²) < 4.78 is 0. The van der Waals surface area contributed by atoms with E-state index in [0.717, 1.165) is 12.0 Å². The number of hydrogen-bond acceptors (Lipinski definition) is 3. The standard InChI is InChI=1S/C20H19ClN2OS/c1-15(13-19-3-2-12-25-19)23(14-16-4-6-18(21)7-5-16)20(24)17-8-10-22-11-9-17/h2-12,15H,13-14H2,1H3/t15-/m1/s1. The lowest BCUT2D eigenvalue weighted by atomic mass is 10.1. The van der Waals surface area contributed by atoms with Crippen molar-refractivity contribution in [2.24, 2.45) is 0 Å². The minimum atomic E-state index is 0.0152. The molecule has 2 aromatic heterocycles. The first-order chi connectivity index (χ1) is 12.1. The number of hydrogen-bond donors (Lipinski definition) is 0. The lowest BCUT2D eigenvalue weighted by molar-refractivity contribution is 0.0676. The maximum atomic E-state index is 13.1. The van der Waals surface area contributed by atoms with Crippen molar-refractivity contribution in [2.75, 3.05) is 0 Å². The van der Waals surface area contributed by atoms with Crippen LogP contribution in [-0.4, -0.2) is 21.8 Å². The molecule has 5 heteroatoms. The van der Waals surface area contributed by atoms with Gasteiger partial charge < -0.3 is 4.90 Å². The first-order valence-electron chi connectivity index (χ1n) is 8.11. The van der Waals surface area contributed by atoms with Crippen LogP contribution in [0.3, 0.4) is 0 Å². The first-order valence-corrected chi connectivity index (χ1v) is 9.37. The lowest BCUT2D eigenvalue weighted by Crippen LogP contribution is -2.39. The summed E-state index contributed by atoms with van der Waals surface area (Å²) in [6.45, 7) is 2.64.